The summed E-state index contributed by atoms with van der Waals surface area (Å²) < 4.78 is 5.54. The highest BCUT2D eigenvalue weighted by atomic mass is 32.2. The molecule has 4 nitrogen and oxygen atoms in total. The molecule has 5 heteroatoms. The van der Waals surface area contributed by atoms with Gasteiger partial charge in [-0.25, -0.2) is 0 Å². The van der Waals surface area contributed by atoms with E-state index in [0.29, 0.717) is 17.7 Å². The van der Waals surface area contributed by atoms with Gasteiger partial charge in [-0.15, -0.1) is 11.8 Å². The molecule has 1 aliphatic rings. The number of hydrogen-bond donors (Lipinski definition) is 1. The largest absolute Gasteiger partial charge is 0.484 e. The molecule has 1 aliphatic heterocycles. The molecule has 0 aromatic heterocycles. The van der Waals surface area contributed by atoms with Crippen LogP contribution in [-0.2, 0) is 4.79 Å². The first kappa shape index (κ1) is 17.5. The first-order valence-electron chi connectivity index (χ1n) is 8.44. The quantitative estimate of drug-likeness (QED) is 0.796. The van der Waals surface area contributed by atoms with Gasteiger partial charge in [0, 0.05) is 22.6 Å². The van der Waals surface area contributed by atoms with Crippen molar-refractivity contribution in [3.05, 3.63) is 59.7 Å². The summed E-state index contributed by atoms with van der Waals surface area (Å²) in [6, 6.07) is 15.1. The van der Waals surface area contributed by atoms with E-state index < -0.39 is 0 Å². The van der Waals surface area contributed by atoms with Gasteiger partial charge in [0.1, 0.15) is 5.75 Å². The number of fused-ring (bicyclic) bond motifs is 1. The number of benzene rings is 2. The first-order chi connectivity index (χ1) is 12.2. The lowest BCUT2D eigenvalue weighted by atomic mass is 10.0. The number of carbonyl (C=O) groups is 2. The smallest absolute Gasteiger partial charge is 0.258 e. The predicted molar refractivity (Wildman–Crippen MR) is 99.2 cm³/mol. The molecule has 0 saturated heterocycles. The minimum absolute atomic E-state index is 0.0348. The molecule has 0 spiro atoms. The van der Waals surface area contributed by atoms with Crippen molar-refractivity contribution in [2.75, 3.05) is 12.4 Å². The van der Waals surface area contributed by atoms with Crippen LogP contribution in [0, 0.1) is 0 Å². The Hall–Kier alpha value is -2.27. The Morgan fingerprint density at radius 3 is 2.68 bits per heavy atom. The van der Waals surface area contributed by atoms with Gasteiger partial charge in [-0.2, -0.15) is 0 Å². The molecule has 1 heterocycles. The molecular weight excluding hydrogens is 334 g/mol. The van der Waals surface area contributed by atoms with E-state index in [4.69, 9.17) is 4.74 Å². The van der Waals surface area contributed by atoms with Crippen molar-refractivity contribution < 1.29 is 14.3 Å². The summed E-state index contributed by atoms with van der Waals surface area (Å²) in [4.78, 5) is 25.1. The van der Waals surface area contributed by atoms with Crippen molar-refractivity contribution >= 4 is 23.5 Å². The number of Topliss-reactive ketones (excluding diaryl/α,β-unsaturated/α-hetero) is 1. The van der Waals surface area contributed by atoms with Crippen molar-refractivity contribution in [2.45, 2.75) is 30.7 Å². The summed E-state index contributed by atoms with van der Waals surface area (Å²) in [5, 5.41) is 3.05. The highest BCUT2D eigenvalue weighted by molar-refractivity contribution is 7.99. The average Bonchev–Trinajstić information content (AvgIpc) is 2.66. The maximum atomic E-state index is 12.2. The maximum Gasteiger partial charge on any atom is 0.258 e. The molecule has 1 amide bonds. The van der Waals surface area contributed by atoms with Crippen molar-refractivity contribution in [3.63, 3.8) is 0 Å². The van der Waals surface area contributed by atoms with E-state index in [0.717, 1.165) is 12.2 Å². The predicted octanol–water partition coefficient (Wildman–Crippen LogP) is 4.01. The fourth-order valence-corrected chi connectivity index (χ4v) is 3.94. The van der Waals surface area contributed by atoms with Crippen LogP contribution in [0.4, 0.5) is 0 Å². The summed E-state index contributed by atoms with van der Waals surface area (Å²) >= 11 is 1.83. The first-order valence-corrected chi connectivity index (χ1v) is 9.43. The van der Waals surface area contributed by atoms with Gasteiger partial charge < -0.3 is 10.1 Å². The lowest BCUT2D eigenvalue weighted by molar-refractivity contribution is -0.123. The Morgan fingerprint density at radius 1 is 1.16 bits per heavy atom. The molecule has 3 rings (SSSR count). The van der Waals surface area contributed by atoms with E-state index in [9.17, 15) is 9.59 Å². The van der Waals surface area contributed by atoms with Crippen molar-refractivity contribution in [3.8, 4) is 5.75 Å². The number of amides is 1. The lowest BCUT2D eigenvalue weighted by Crippen LogP contribution is -2.34. The van der Waals surface area contributed by atoms with E-state index in [2.05, 4.69) is 17.4 Å². The second-order valence-electron chi connectivity index (χ2n) is 5.88. The number of carbonyl (C=O) groups excluding carboxylic acids is 2. The summed E-state index contributed by atoms with van der Waals surface area (Å²) in [5.74, 6) is 1.54. The Labute approximate surface area is 152 Å². The fraction of sp³-hybridized carbons (Fsp3) is 0.300. The van der Waals surface area contributed by atoms with Crippen LogP contribution in [-0.4, -0.2) is 24.1 Å². The standard InChI is InChI=1S/C20H21NO3S/c1-2-18(22)14-7-9-15(10-8-14)24-13-20(23)21-17-11-12-25-19-6-4-3-5-16(17)19/h3-10,17H,2,11-13H2,1H3,(H,21,23)/t17-/m0/s1. The molecule has 0 fully saturated rings. The van der Waals surface area contributed by atoms with Crippen molar-refractivity contribution in [1.29, 1.82) is 0 Å². The van der Waals surface area contributed by atoms with Crippen LogP contribution in [0.15, 0.2) is 53.4 Å². The van der Waals surface area contributed by atoms with E-state index in [-0.39, 0.29) is 24.3 Å². The molecule has 1 atom stereocenters. The Morgan fingerprint density at radius 2 is 1.92 bits per heavy atom. The van der Waals surface area contributed by atoms with Gasteiger partial charge in [0.25, 0.3) is 5.91 Å². The highest BCUT2D eigenvalue weighted by Crippen LogP contribution is 2.35. The molecule has 1 N–H and O–H groups in total. The van der Waals surface area contributed by atoms with Crippen molar-refractivity contribution in [1.82, 2.24) is 5.32 Å². The number of hydrogen-bond acceptors (Lipinski definition) is 4. The van der Waals surface area contributed by atoms with Crippen LogP contribution in [0.1, 0.15) is 41.7 Å². The summed E-state index contributed by atoms with van der Waals surface area (Å²) in [6.07, 6.45) is 1.39. The number of thioether (sulfide) groups is 1. The SMILES string of the molecule is CCC(=O)c1ccc(OCC(=O)N[C@H]2CCSc3ccccc32)cc1. The second kappa shape index (κ2) is 8.21. The molecule has 0 saturated carbocycles. The molecule has 2 aromatic carbocycles. The molecule has 25 heavy (non-hydrogen) atoms. The molecule has 130 valence electrons. The average molecular weight is 355 g/mol. The Balaban J connectivity index is 1.54. The monoisotopic (exact) mass is 355 g/mol. The molecular formula is C20H21NO3S. The van der Waals surface area contributed by atoms with Gasteiger partial charge in [0.15, 0.2) is 12.4 Å². The minimum atomic E-state index is -0.139. The molecule has 2 aromatic rings. The highest BCUT2D eigenvalue weighted by Gasteiger charge is 2.21. The van der Waals surface area contributed by atoms with Crippen molar-refractivity contribution in [2.24, 2.45) is 0 Å². The molecule has 0 aliphatic carbocycles. The number of nitrogens with one attached hydrogen (secondary N) is 1. The van der Waals surface area contributed by atoms with Gasteiger partial charge in [-0.1, -0.05) is 25.1 Å². The third-order valence-electron chi connectivity index (χ3n) is 4.16. The Bertz CT molecular complexity index is 758. The van der Waals surface area contributed by atoms with E-state index in [1.54, 1.807) is 24.3 Å². The summed E-state index contributed by atoms with van der Waals surface area (Å²) in [7, 11) is 0. The number of rotatable bonds is 6. The van der Waals surface area contributed by atoms with Gasteiger partial charge >= 0.3 is 0 Å². The van der Waals surface area contributed by atoms with E-state index in [1.165, 1.54) is 10.5 Å². The zero-order valence-electron chi connectivity index (χ0n) is 14.2. The van der Waals surface area contributed by atoms with Crippen LogP contribution < -0.4 is 10.1 Å². The van der Waals surface area contributed by atoms with Crippen LogP contribution >= 0.6 is 11.8 Å². The van der Waals surface area contributed by atoms with E-state index in [1.807, 2.05) is 30.8 Å². The molecule has 0 bridgehead atoms. The second-order valence-corrected chi connectivity index (χ2v) is 7.02. The minimum Gasteiger partial charge on any atom is -0.484 e. The zero-order chi connectivity index (χ0) is 17.6. The van der Waals surface area contributed by atoms with E-state index >= 15 is 0 Å². The van der Waals surface area contributed by atoms with Gasteiger partial charge in [0.05, 0.1) is 6.04 Å². The normalized spacial score (nSPS) is 16.0. The van der Waals surface area contributed by atoms with Crippen LogP contribution in [0.2, 0.25) is 0 Å². The lowest BCUT2D eigenvalue weighted by Gasteiger charge is -2.25. The summed E-state index contributed by atoms with van der Waals surface area (Å²) in [5.41, 5.74) is 1.84. The van der Waals surface area contributed by atoms with Crippen LogP contribution in [0.5, 0.6) is 5.75 Å². The van der Waals surface area contributed by atoms with Gasteiger partial charge in [0.2, 0.25) is 0 Å². The number of ether oxygens (including phenoxy) is 1. The fourth-order valence-electron chi connectivity index (χ4n) is 2.82. The maximum absolute atomic E-state index is 12.2. The third-order valence-corrected chi connectivity index (χ3v) is 5.28. The zero-order valence-corrected chi connectivity index (χ0v) is 15.0. The molecule has 0 radical (unpaired) electrons. The topological polar surface area (TPSA) is 55.4 Å². The molecule has 0 unspecified atom stereocenters. The third kappa shape index (κ3) is 4.42. The number of ketones is 1. The summed E-state index contributed by atoms with van der Waals surface area (Å²) in [6.45, 7) is 1.80. The van der Waals surface area contributed by atoms with Gasteiger partial charge in [-0.05, 0) is 42.3 Å². The van der Waals surface area contributed by atoms with Crippen LogP contribution in [0.3, 0.4) is 0 Å². The van der Waals surface area contributed by atoms with Gasteiger partial charge in [-0.3, -0.25) is 9.59 Å². The van der Waals surface area contributed by atoms with Crippen LogP contribution in [0.25, 0.3) is 0 Å². The Kier molecular flexibility index (Phi) is 5.76.